The lowest BCUT2D eigenvalue weighted by atomic mass is 10.2. The Kier molecular flexibility index (Phi) is 5.33. The molecule has 0 fully saturated rings. The van der Waals surface area contributed by atoms with E-state index < -0.39 is 0 Å². The van der Waals surface area contributed by atoms with Crippen molar-refractivity contribution in [1.29, 1.82) is 0 Å². The molecular formula is C11H21N3. The van der Waals surface area contributed by atoms with Gasteiger partial charge in [-0.25, -0.2) is 0 Å². The Morgan fingerprint density at radius 2 is 2.29 bits per heavy atom. The van der Waals surface area contributed by atoms with Crippen LogP contribution < -0.4 is 5.32 Å². The van der Waals surface area contributed by atoms with Crippen LogP contribution in [0.2, 0.25) is 0 Å². The molecule has 0 aliphatic rings. The molecule has 0 amide bonds. The second kappa shape index (κ2) is 6.62. The van der Waals surface area contributed by atoms with Crippen molar-refractivity contribution in [3.63, 3.8) is 0 Å². The van der Waals surface area contributed by atoms with Gasteiger partial charge in [0.15, 0.2) is 0 Å². The van der Waals surface area contributed by atoms with Gasteiger partial charge in [0, 0.05) is 18.9 Å². The topological polar surface area (TPSA) is 31.1 Å². The zero-order valence-corrected chi connectivity index (χ0v) is 9.21. The van der Waals surface area contributed by atoms with Gasteiger partial charge >= 0.3 is 0 Å². The maximum atomic E-state index is 3.16. The Bertz CT molecular complexity index is 218. The van der Waals surface area contributed by atoms with E-state index in [9.17, 15) is 0 Å². The van der Waals surface area contributed by atoms with Gasteiger partial charge in [-0.05, 0) is 51.7 Å². The number of aromatic nitrogens is 1. The lowest BCUT2D eigenvalue weighted by Crippen LogP contribution is -2.24. The van der Waals surface area contributed by atoms with Gasteiger partial charge in [-0.15, -0.1) is 0 Å². The third kappa shape index (κ3) is 4.44. The van der Waals surface area contributed by atoms with Crippen LogP contribution in [0, 0.1) is 0 Å². The van der Waals surface area contributed by atoms with Crippen molar-refractivity contribution >= 4 is 0 Å². The van der Waals surface area contributed by atoms with Crippen molar-refractivity contribution in [2.24, 2.45) is 0 Å². The molecule has 2 N–H and O–H groups in total. The van der Waals surface area contributed by atoms with Crippen molar-refractivity contribution in [3.8, 4) is 0 Å². The van der Waals surface area contributed by atoms with E-state index in [0.717, 1.165) is 19.5 Å². The maximum absolute atomic E-state index is 3.16. The second-order valence-corrected chi connectivity index (χ2v) is 3.73. The Morgan fingerprint density at radius 3 is 2.93 bits per heavy atom. The molecule has 1 aromatic heterocycles. The molecule has 1 aromatic rings. The first-order chi connectivity index (χ1) is 6.83. The van der Waals surface area contributed by atoms with E-state index in [4.69, 9.17) is 0 Å². The zero-order valence-electron chi connectivity index (χ0n) is 9.21. The van der Waals surface area contributed by atoms with E-state index in [2.05, 4.69) is 34.5 Å². The third-order valence-corrected chi connectivity index (χ3v) is 2.41. The van der Waals surface area contributed by atoms with Gasteiger partial charge in [0.25, 0.3) is 0 Å². The Labute approximate surface area is 86.5 Å². The molecule has 3 nitrogen and oxygen atoms in total. The SMILES string of the molecule is CNCCCN(C)CCc1cc[nH]c1. The summed E-state index contributed by atoms with van der Waals surface area (Å²) in [7, 11) is 4.18. The molecule has 1 rings (SSSR count). The first kappa shape index (κ1) is 11.3. The summed E-state index contributed by atoms with van der Waals surface area (Å²) in [5.74, 6) is 0. The summed E-state index contributed by atoms with van der Waals surface area (Å²) in [6.45, 7) is 3.42. The maximum Gasteiger partial charge on any atom is 0.00378 e. The number of H-pyrrole nitrogens is 1. The molecular weight excluding hydrogens is 174 g/mol. The molecule has 0 aromatic carbocycles. The lowest BCUT2D eigenvalue weighted by Gasteiger charge is -2.15. The number of hydrogen-bond donors (Lipinski definition) is 2. The Balaban J connectivity index is 2.06. The Morgan fingerprint density at radius 1 is 1.43 bits per heavy atom. The van der Waals surface area contributed by atoms with Gasteiger partial charge in [0.1, 0.15) is 0 Å². The van der Waals surface area contributed by atoms with Crippen molar-refractivity contribution in [2.75, 3.05) is 33.7 Å². The minimum absolute atomic E-state index is 1.11. The third-order valence-electron chi connectivity index (χ3n) is 2.41. The predicted molar refractivity (Wildman–Crippen MR) is 60.5 cm³/mol. The monoisotopic (exact) mass is 195 g/mol. The number of nitrogens with one attached hydrogen (secondary N) is 2. The number of nitrogens with zero attached hydrogens (tertiary/aromatic N) is 1. The van der Waals surface area contributed by atoms with E-state index in [1.165, 1.54) is 18.5 Å². The van der Waals surface area contributed by atoms with Gasteiger partial charge in [0.2, 0.25) is 0 Å². The van der Waals surface area contributed by atoms with Crippen LogP contribution in [0.5, 0.6) is 0 Å². The van der Waals surface area contributed by atoms with Crippen LogP contribution in [0.1, 0.15) is 12.0 Å². The summed E-state index contributed by atoms with van der Waals surface area (Å²) in [6.07, 6.45) is 6.41. The van der Waals surface area contributed by atoms with Gasteiger partial charge in [0.05, 0.1) is 0 Å². The van der Waals surface area contributed by atoms with Crippen LogP contribution in [0.4, 0.5) is 0 Å². The molecule has 80 valence electrons. The molecule has 0 spiro atoms. The minimum Gasteiger partial charge on any atom is -0.367 e. The minimum atomic E-state index is 1.11. The average Bonchev–Trinajstić information content (AvgIpc) is 2.68. The molecule has 0 radical (unpaired) electrons. The largest absolute Gasteiger partial charge is 0.367 e. The van der Waals surface area contributed by atoms with Gasteiger partial charge in [-0.2, -0.15) is 0 Å². The first-order valence-electron chi connectivity index (χ1n) is 5.27. The molecule has 0 unspecified atom stereocenters. The standard InChI is InChI=1S/C11H21N3/c1-12-6-3-8-14(2)9-5-11-4-7-13-10-11/h4,7,10,12-13H,3,5-6,8-9H2,1-2H3. The fraction of sp³-hybridized carbons (Fsp3) is 0.636. The highest BCUT2D eigenvalue weighted by atomic mass is 15.1. The van der Waals surface area contributed by atoms with Gasteiger partial charge in [-0.3, -0.25) is 0 Å². The fourth-order valence-corrected chi connectivity index (χ4v) is 1.47. The normalized spacial score (nSPS) is 11.1. The van der Waals surface area contributed by atoms with Crippen molar-refractivity contribution in [1.82, 2.24) is 15.2 Å². The molecule has 1 heterocycles. The lowest BCUT2D eigenvalue weighted by molar-refractivity contribution is 0.332. The average molecular weight is 195 g/mol. The second-order valence-electron chi connectivity index (χ2n) is 3.73. The van der Waals surface area contributed by atoms with Crippen LogP contribution in [-0.2, 0) is 6.42 Å². The fourth-order valence-electron chi connectivity index (χ4n) is 1.47. The van der Waals surface area contributed by atoms with Crippen LogP contribution in [0.25, 0.3) is 0 Å². The van der Waals surface area contributed by atoms with E-state index in [1.807, 2.05) is 13.2 Å². The quantitative estimate of drug-likeness (QED) is 0.638. The zero-order chi connectivity index (χ0) is 10.2. The van der Waals surface area contributed by atoms with E-state index >= 15 is 0 Å². The van der Waals surface area contributed by atoms with Crippen LogP contribution in [-0.4, -0.2) is 43.6 Å². The highest BCUT2D eigenvalue weighted by Gasteiger charge is 1.98. The van der Waals surface area contributed by atoms with Crippen molar-refractivity contribution in [2.45, 2.75) is 12.8 Å². The van der Waals surface area contributed by atoms with E-state index in [-0.39, 0.29) is 0 Å². The van der Waals surface area contributed by atoms with Crippen molar-refractivity contribution < 1.29 is 0 Å². The van der Waals surface area contributed by atoms with Crippen LogP contribution in [0.15, 0.2) is 18.5 Å². The summed E-state index contributed by atoms with van der Waals surface area (Å²) in [6, 6.07) is 2.14. The molecule has 0 aliphatic carbocycles. The molecule has 0 saturated carbocycles. The van der Waals surface area contributed by atoms with E-state index in [0.29, 0.717) is 0 Å². The van der Waals surface area contributed by atoms with E-state index in [1.54, 1.807) is 0 Å². The van der Waals surface area contributed by atoms with Crippen LogP contribution in [0.3, 0.4) is 0 Å². The summed E-state index contributed by atoms with van der Waals surface area (Å²) >= 11 is 0. The predicted octanol–water partition coefficient (Wildman–Crippen LogP) is 1.10. The van der Waals surface area contributed by atoms with Crippen molar-refractivity contribution in [3.05, 3.63) is 24.0 Å². The molecule has 0 saturated heterocycles. The number of rotatable bonds is 7. The molecule has 14 heavy (non-hydrogen) atoms. The first-order valence-corrected chi connectivity index (χ1v) is 5.27. The summed E-state index contributed by atoms with van der Waals surface area (Å²) in [5, 5.41) is 3.16. The highest BCUT2D eigenvalue weighted by molar-refractivity contribution is 5.08. The molecule has 0 bridgehead atoms. The van der Waals surface area contributed by atoms with Gasteiger partial charge in [-0.1, -0.05) is 0 Å². The summed E-state index contributed by atoms with van der Waals surface area (Å²) in [5.41, 5.74) is 1.39. The number of likely N-dealkylation sites (N-methyl/N-ethyl adjacent to an activating group) is 1. The summed E-state index contributed by atoms with van der Waals surface area (Å²) < 4.78 is 0. The molecule has 0 aliphatic heterocycles. The van der Waals surface area contributed by atoms with Crippen LogP contribution >= 0.6 is 0 Å². The van der Waals surface area contributed by atoms with Gasteiger partial charge < -0.3 is 15.2 Å². The molecule has 0 atom stereocenters. The smallest absolute Gasteiger partial charge is 0.00378 e. The summed E-state index contributed by atoms with van der Waals surface area (Å²) in [4.78, 5) is 5.46. The Hall–Kier alpha value is -0.800. The highest BCUT2D eigenvalue weighted by Crippen LogP contribution is 1.99. The number of hydrogen-bond acceptors (Lipinski definition) is 2. The molecule has 3 heteroatoms. The number of aromatic amines is 1.